The van der Waals surface area contributed by atoms with E-state index in [0.717, 1.165) is 72.4 Å². The smallest absolute Gasteiger partial charge is 0.337 e. The summed E-state index contributed by atoms with van der Waals surface area (Å²) in [5, 5.41) is 21.9. The van der Waals surface area contributed by atoms with Gasteiger partial charge < -0.3 is 26.8 Å². The number of carbonyl (C=O) groups excluding carboxylic acids is 1. The normalized spacial score (nSPS) is 18.4. The molecule has 1 amide bonds. The lowest BCUT2D eigenvalue weighted by molar-refractivity contribution is 0.0606. The number of nitrogens with two attached hydrogens (primary N) is 2. The van der Waals surface area contributed by atoms with Crippen LogP contribution >= 0.6 is 0 Å². The number of fused-ring (bicyclic) bond motifs is 2. The van der Waals surface area contributed by atoms with Gasteiger partial charge in [0.1, 0.15) is 0 Å². The summed E-state index contributed by atoms with van der Waals surface area (Å²) in [5.74, 6) is -0.258. The molecule has 8 N–H and O–H groups in total. The minimum Gasteiger partial charge on any atom is -0.478 e. The molecule has 10 rings (SSSR count). The maximum absolute atomic E-state index is 13.7. The molecule has 2 aliphatic heterocycles. The van der Waals surface area contributed by atoms with Gasteiger partial charge in [0.05, 0.1) is 58.5 Å². The number of carboxylic acids is 1. The molecule has 0 radical (unpaired) electrons. The van der Waals surface area contributed by atoms with Crippen LogP contribution in [-0.2, 0) is 20.0 Å². The average molecular weight is 971 g/mol. The largest absolute Gasteiger partial charge is 0.478 e. The van der Waals surface area contributed by atoms with E-state index in [0.29, 0.717) is 30.1 Å². The third kappa shape index (κ3) is 12.0. The Labute approximate surface area is 397 Å². The standard InChI is InChI=1S/C23H28N6O3S.C15H20N4.C8H10N2O4S.CH4/c1-14-11-19(15-6-7-15)25-22-13-20(26-29(14)22)21-5-3-4-10-28(21)23(30)17-12-16(24)8-9-18(17)27-33(2,31)32;1-10-8-13(11-5-6-11)17-15-9-14(18-19(10)15)12-4-2-3-7-16-12;1-15(13,14)10-7-3-2-5(9)4-6(7)8(11)12;/h8-9,11-13,15,21,27H,3-7,10,24H2,1-2H3;8-9,11-12,16H,2-7H2,1H3;2-4,10H,9H2,1H3,(H,11,12);1H4/t21-;12-;;/m00../s1. The topological polar surface area (TPSA) is 274 Å². The lowest BCUT2D eigenvalue weighted by Gasteiger charge is -2.35. The van der Waals surface area contributed by atoms with Crippen LogP contribution in [0.4, 0.5) is 22.7 Å². The van der Waals surface area contributed by atoms with Crippen LogP contribution in [0.3, 0.4) is 0 Å². The molecule has 0 spiro atoms. The Bertz CT molecular complexity index is 3070. The Morgan fingerprint density at radius 3 is 1.66 bits per heavy atom. The number of anilines is 4. The molecule has 2 aromatic carbocycles. The van der Waals surface area contributed by atoms with Crippen molar-refractivity contribution in [2.24, 2.45) is 0 Å². The Balaban J connectivity index is 0.000000165. The zero-order chi connectivity index (χ0) is 47.8. The van der Waals surface area contributed by atoms with Gasteiger partial charge in [0.25, 0.3) is 5.91 Å². The highest BCUT2D eigenvalue weighted by Crippen LogP contribution is 2.41. The predicted molar refractivity (Wildman–Crippen MR) is 264 cm³/mol. The quantitative estimate of drug-likeness (QED) is 0.0759. The average Bonchev–Trinajstić information content (AvgIpc) is 4.22. The number of nitrogens with one attached hydrogen (secondary N) is 3. The fraction of sp³-hybridized carbons (Fsp3) is 0.447. The Hall–Kier alpha value is -6.32. The summed E-state index contributed by atoms with van der Waals surface area (Å²) in [6.07, 6.45) is 13.4. The molecule has 364 valence electrons. The highest BCUT2D eigenvalue weighted by molar-refractivity contribution is 7.92. The summed E-state index contributed by atoms with van der Waals surface area (Å²) < 4.78 is 53.9. The number of carboxylic acid groups (broad SMARTS) is 1. The minimum absolute atomic E-state index is 0. The van der Waals surface area contributed by atoms with E-state index >= 15 is 0 Å². The van der Waals surface area contributed by atoms with Gasteiger partial charge in [-0.1, -0.05) is 13.8 Å². The van der Waals surface area contributed by atoms with Crippen LogP contribution in [-0.4, -0.2) is 93.5 Å². The van der Waals surface area contributed by atoms with E-state index in [1.807, 2.05) is 22.0 Å². The fourth-order valence-electron chi connectivity index (χ4n) is 8.64. The van der Waals surface area contributed by atoms with Gasteiger partial charge >= 0.3 is 5.97 Å². The third-order valence-corrected chi connectivity index (χ3v) is 13.4. The summed E-state index contributed by atoms with van der Waals surface area (Å²) >= 11 is 0. The number of aryl methyl sites for hydroxylation is 2. The van der Waals surface area contributed by atoms with Crippen molar-refractivity contribution < 1.29 is 31.5 Å². The summed E-state index contributed by atoms with van der Waals surface area (Å²) in [7, 11) is -7.06. The maximum atomic E-state index is 13.7. The highest BCUT2D eigenvalue weighted by atomic mass is 32.2. The predicted octanol–water partition coefficient (Wildman–Crippen LogP) is 6.94. The highest BCUT2D eigenvalue weighted by Gasteiger charge is 2.33. The molecule has 4 fully saturated rings. The summed E-state index contributed by atoms with van der Waals surface area (Å²) in [4.78, 5) is 35.8. The zero-order valence-corrected chi connectivity index (χ0v) is 39.7. The van der Waals surface area contributed by atoms with Crippen molar-refractivity contribution in [1.29, 1.82) is 0 Å². The van der Waals surface area contributed by atoms with Gasteiger partial charge in [-0.2, -0.15) is 10.2 Å². The van der Waals surface area contributed by atoms with Crippen molar-refractivity contribution in [1.82, 2.24) is 39.4 Å². The molecule has 2 atom stereocenters. The van der Waals surface area contributed by atoms with Crippen LogP contribution in [0.5, 0.6) is 0 Å². The monoisotopic (exact) mass is 970 g/mol. The van der Waals surface area contributed by atoms with Crippen LogP contribution < -0.4 is 26.2 Å². The molecular weight excluding hydrogens is 909 g/mol. The molecule has 21 heteroatoms. The molecule has 2 aliphatic carbocycles. The number of carbonyl (C=O) groups is 2. The number of hydrogen-bond donors (Lipinski definition) is 6. The van der Waals surface area contributed by atoms with E-state index in [1.165, 1.54) is 86.7 Å². The molecular formula is C47H62N12O7S2. The van der Waals surface area contributed by atoms with Gasteiger partial charge in [0.15, 0.2) is 11.3 Å². The third-order valence-electron chi connectivity index (χ3n) is 12.2. The number of nitrogen functional groups attached to an aromatic ring is 2. The van der Waals surface area contributed by atoms with Crippen LogP contribution in [0.25, 0.3) is 11.3 Å². The number of benzene rings is 2. The molecule has 6 aromatic rings. The van der Waals surface area contributed by atoms with E-state index in [-0.39, 0.29) is 47.6 Å². The van der Waals surface area contributed by atoms with Gasteiger partial charge in [-0.25, -0.2) is 40.6 Å². The number of rotatable bonds is 10. The van der Waals surface area contributed by atoms with E-state index < -0.39 is 26.0 Å². The summed E-state index contributed by atoms with van der Waals surface area (Å²) in [6, 6.07) is 17.2. The molecule has 68 heavy (non-hydrogen) atoms. The molecule has 0 unspecified atom stereocenters. The number of likely N-dealkylation sites (tertiary alicyclic amines) is 1. The van der Waals surface area contributed by atoms with Gasteiger partial charge in [-0.05, 0) is 127 Å². The van der Waals surface area contributed by atoms with E-state index in [2.05, 4.69) is 39.9 Å². The lowest BCUT2D eigenvalue weighted by atomic mass is 9.97. The lowest BCUT2D eigenvalue weighted by Crippen LogP contribution is -2.39. The second-order valence-corrected chi connectivity index (χ2v) is 21.5. The van der Waals surface area contributed by atoms with Crippen LogP contribution in [0.1, 0.15) is 150 Å². The zero-order valence-electron chi connectivity index (χ0n) is 38.1. The maximum Gasteiger partial charge on any atom is 0.337 e. The number of sulfonamides is 2. The first-order valence-electron chi connectivity index (χ1n) is 22.6. The van der Waals surface area contributed by atoms with Crippen LogP contribution in [0.15, 0.2) is 60.7 Å². The van der Waals surface area contributed by atoms with Crippen LogP contribution in [0.2, 0.25) is 0 Å². The second kappa shape index (κ2) is 20.1. The molecule has 2 saturated carbocycles. The van der Waals surface area contributed by atoms with Crippen LogP contribution in [0, 0.1) is 13.8 Å². The van der Waals surface area contributed by atoms with Gasteiger partial charge in [-0.15, -0.1) is 0 Å². The molecule has 2 saturated heterocycles. The Kier molecular flexibility index (Phi) is 14.7. The molecule has 4 aliphatic rings. The van der Waals surface area contributed by atoms with Gasteiger partial charge in [0, 0.05) is 64.7 Å². The van der Waals surface area contributed by atoms with E-state index in [9.17, 15) is 26.4 Å². The first-order valence-corrected chi connectivity index (χ1v) is 26.3. The van der Waals surface area contributed by atoms with Crippen molar-refractivity contribution in [3.05, 3.63) is 106 Å². The number of aromatic carboxylic acids is 1. The Morgan fingerprint density at radius 1 is 0.662 bits per heavy atom. The first kappa shape index (κ1) is 49.6. The number of hydrogen-bond acceptors (Lipinski definition) is 13. The van der Waals surface area contributed by atoms with Crippen molar-refractivity contribution in [3.63, 3.8) is 0 Å². The van der Waals surface area contributed by atoms with Gasteiger partial charge in [-0.3, -0.25) is 14.2 Å². The van der Waals surface area contributed by atoms with Crippen molar-refractivity contribution in [3.8, 4) is 0 Å². The summed E-state index contributed by atoms with van der Waals surface area (Å²) in [6.45, 7) is 5.82. The molecule has 4 aromatic heterocycles. The minimum atomic E-state index is -3.56. The molecule has 0 bridgehead atoms. The summed E-state index contributed by atoms with van der Waals surface area (Å²) in [5.41, 5.74) is 20.6. The number of piperidine rings is 2. The second-order valence-electron chi connectivity index (χ2n) is 18.0. The van der Waals surface area contributed by atoms with Crippen molar-refractivity contribution in [2.75, 3.05) is 46.5 Å². The molecule has 19 nitrogen and oxygen atoms in total. The molecule has 6 heterocycles. The Morgan fingerprint density at radius 2 is 1.16 bits per heavy atom. The number of amides is 1. The number of nitrogens with zero attached hydrogens (tertiary/aromatic N) is 7. The fourth-order valence-corrected chi connectivity index (χ4v) is 9.80. The van der Waals surface area contributed by atoms with Crippen molar-refractivity contribution >= 4 is 66.0 Å². The van der Waals surface area contributed by atoms with Gasteiger partial charge in [0.2, 0.25) is 20.0 Å². The first-order chi connectivity index (χ1) is 31.8. The number of aromatic nitrogens is 6. The van der Waals surface area contributed by atoms with E-state index in [1.54, 1.807) is 11.0 Å². The SMILES string of the molecule is C.CS(=O)(=O)Nc1ccc(N)cc1C(=O)O.Cc1cc(C2CC2)nc2cc([C@@H]3CCCCN3)nn12.Cc1cc(C2CC2)nc2cc([C@@H]3CCCCN3C(=O)c3cc(N)ccc3NS(C)(=O)=O)nn12. The van der Waals surface area contributed by atoms with E-state index in [4.69, 9.17) is 36.7 Å². The van der Waals surface area contributed by atoms with Crippen molar-refractivity contribution in [2.45, 2.75) is 109 Å².